The molecule has 18 heavy (non-hydrogen) atoms. The first-order valence-corrected chi connectivity index (χ1v) is 6.67. The fourth-order valence-electron chi connectivity index (χ4n) is 3.65. The highest BCUT2D eigenvalue weighted by atomic mass is 16.3. The molecule has 2 unspecified atom stereocenters. The fourth-order valence-corrected chi connectivity index (χ4v) is 3.65. The lowest BCUT2D eigenvalue weighted by molar-refractivity contribution is 0.0776. The third-order valence-corrected chi connectivity index (χ3v) is 4.63. The summed E-state index contributed by atoms with van der Waals surface area (Å²) < 4.78 is 0. The zero-order chi connectivity index (χ0) is 12.6. The molecule has 94 valence electrons. The molecule has 2 fully saturated rings. The molecule has 1 aromatic carbocycles. The number of hydrogen-bond donors (Lipinski definition) is 1. The Labute approximate surface area is 108 Å². The smallest absolute Gasteiger partial charge is 0.0991 e. The second kappa shape index (κ2) is 4.38. The van der Waals surface area contributed by atoms with Gasteiger partial charge < -0.3 is 5.11 Å². The van der Waals surface area contributed by atoms with Crippen LogP contribution in [0, 0.1) is 11.3 Å². The molecule has 3 nitrogen and oxygen atoms in total. The second-order valence-corrected chi connectivity index (χ2v) is 5.47. The van der Waals surface area contributed by atoms with Crippen LogP contribution in [0.1, 0.15) is 42.9 Å². The Morgan fingerprint density at radius 1 is 1.33 bits per heavy atom. The number of rotatable bonds is 2. The van der Waals surface area contributed by atoms with Crippen LogP contribution in [0.15, 0.2) is 24.3 Å². The lowest BCUT2D eigenvalue weighted by Crippen LogP contribution is -2.42. The van der Waals surface area contributed by atoms with Crippen molar-refractivity contribution in [2.24, 2.45) is 0 Å². The van der Waals surface area contributed by atoms with Crippen molar-refractivity contribution in [3.63, 3.8) is 0 Å². The summed E-state index contributed by atoms with van der Waals surface area (Å²) >= 11 is 0. The standard InChI is InChI=1S/C15H18N2O/c16-10-12-2-4-13(5-3-12)14-6-8-15(11-18)7-1-9-17(14)15/h2-5,14,18H,1,6-9,11H2. The molecule has 3 rings (SSSR count). The molecule has 0 bridgehead atoms. The van der Waals surface area contributed by atoms with Crippen LogP contribution in [0.2, 0.25) is 0 Å². The van der Waals surface area contributed by atoms with Crippen molar-refractivity contribution in [1.82, 2.24) is 4.90 Å². The molecule has 0 aromatic heterocycles. The molecular weight excluding hydrogens is 224 g/mol. The molecule has 3 heteroatoms. The minimum absolute atomic E-state index is 0.0402. The zero-order valence-corrected chi connectivity index (χ0v) is 10.5. The van der Waals surface area contributed by atoms with Crippen LogP contribution in [0.25, 0.3) is 0 Å². The van der Waals surface area contributed by atoms with Crippen LogP contribution < -0.4 is 0 Å². The number of hydrogen-bond acceptors (Lipinski definition) is 3. The molecule has 1 N–H and O–H groups in total. The van der Waals surface area contributed by atoms with E-state index in [4.69, 9.17) is 5.26 Å². The van der Waals surface area contributed by atoms with Gasteiger partial charge in [0.25, 0.3) is 0 Å². The van der Waals surface area contributed by atoms with E-state index in [2.05, 4.69) is 23.1 Å². The molecule has 1 aromatic rings. The topological polar surface area (TPSA) is 47.3 Å². The molecule has 2 aliphatic rings. The van der Waals surface area contributed by atoms with Crippen molar-refractivity contribution in [1.29, 1.82) is 5.26 Å². The predicted octanol–water partition coefficient (Wildman–Crippen LogP) is 2.22. The van der Waals surface area contributed by atoms with E-state index in [0.29, 0.717) is 11.6 Å². The van der Waals surface area contributed by atoms with Gasteiger partial charge in [-0.1, -0.05) is 12.1 Å². The summed E-state index contributed by atoms with van der Waals surface area (Å²) in [6.45, 7) is 1.37. The van der Waals surface area contributed by atoms with Crippen molar-refractivity contribution in [3.05, 3.63) is 35.4 Å². The average Bonchev–Trinajstić information content (AvgIpc) is 2.97. The van der Waals surface area contributed by atoms with Crippen LogP contribution in [-0.2, 0) is 0 Å². The SMILES string of the molecule is N#Cc1ccc(C2CCC3(CO)CCCN23)cc1. The second-order valence-electron chi connectivity index (χ2n) is 5.47. The molecule has 2 aliphatic heterocycles. The molecule has 0 saturated carbocycles. The van der Waals surface area contributed by atoms with E-state index < -0.39 is 0 Å². The van der Waals surface area contributed by atoms with Gasteiger partial charge in [-0.25, -0.2) is 0 Å². The maximum atomic E-state index is 9.69. The Kier molecular flexibility index (Phi) is 2.85. The van der Waals surface area contributed by atoms with Crippen LogP contribution in [0.5, 0.6) is 0 Å². The highest BCUT2D eigenvalue weighted by molar-refractivity contribution is 5.33. The number of benzene rings is 1. The number of aliphatic hydroxyl groups is 1. The minimum atomic E-state index is 0.0402. The van der Waals surface area contributed by atoms with Gasteiger partial charge in [0.2, 0.25) is 0 Å². The van der Waals surface area contributed by atoms with Gasteiger partial charge >= 0.3 is 0 Å². The van der Waals surface area contributed by atoms with E-state index in [-0.39, 0.29) is 12.1 Å². The third-order valence-electron chi connectivity index (χ3n) is 4.63. The maximum Gasteiger partial charge on any atom is 0.0991 e. The lowest BCUT2D eigenvalue weighted by atomic mass is 9.95. The van der Waals surface area contributed by atoms with Gasteiger partial charge in [0.1, 0.15) is 0 Å². The van der Waals surface area contributed by atoms with Crippen molar-refractivity contribution in [3.8, 4) is 6.07 Å². The molecule has 2 saturated heterocycles. The van der Waals surface area contributed by atoms with Gasteiger partial charge in [-0.2, -0.15) is 5.26 Å². The molecule has 0 spiro atoms. The Balaban J connectivity index is 1.87. The Bertz CT molecular complexity index is 476. The monoisotopic (exact) mass is 242 g/mol. The first-order chi connectivity index (χ1) is 8.79. The summed E-state index contributed by atoms with van der Waals surface area (Å²) in [4.78, 5) is 2.48. The summed E-state index contributed by atoms with van der Waals surface area (Å²) in [7, 11) is 0. The highest BCUT2D eigenvalue weighted by Gasteiger charge is 2.48. The molecule has 2 atom stereocenters. The molecule has 0 aliphatic carbocycles. The minimum Gasteiger partial charge on any atom is -0.394 e. The largest absolute Gasteiger partial charge is 0.394 e. The molecule has 0 radical (unpaired) electrons. The lowest BCUT2D eigenvalue weighted by Gasteiger charge is -2.33. The first-order valence-electron chi connectivity index (χ1n) is 6.67. The van der Waals surface area contributed by atoms with Crippen molar-refractivity contribution >= 4 is 0 Å². The number of aliphatic hydroxyl groups excluding tert-OH is 1. The molecular formula is C15H18N2O. The van der Waals surface area contributed by atoms with Gasteiger partial charge in [0, 0.05) is 11.6 Å². The average molecular weight is 242 g/mol. The van der Waals surface area contributed by atoms with Gasteiger partial charge in [0.05, 0.1) is 18.2 Å². The normalized spacial score (nSPS) is 31.2. The third kappa shape index (κ3) is 1.65. The van der Waals surface area contributed by atoms with Crippen LogP contribution in [0.3, 0.4) is 0 Å². The Morgan fingerprint density at radius 3 is 2.78 bits per heavy atom. The van der Waals surface area contributed by atoms with Crippen molar-refractivity contribution in [2.45, 2.75) is 37.3 Å². The van der Waals surface area contributed by atoms with E-state index in [1.54, 1.807) is 0 Å². The number of nitriles is 1. The van der Waals surface area contributed by atoms with E-state index >= 15 is 0 Å². The van der Waals surface area contributed by atoms with Crippen LogP contribution >= 0.6 is 0 Å². The number of fused-ring (bicyclic) bond motifs is 1. The van der Waals surface area contributed by atoms with Crippen LogP contribution in [0.4, 0.5) is 0 Å². The molecule has 0 amide bonds. The summed E-state index contributed by atoms with van der Waals surface area (Å²) in [5, 5.41) is 18.5. The quantitative estimate of drug-likeness (QED) is 0.865. The predicted molar refractivity (Wildman–Crippen MR) is 68.9 cm³/mol. The summed E-state index contributed by atoms with van der Waals surface area (Å²) in [6, 6.07) is 10.5. The van der Waals surface area contributed by atoms with Gasteiger partial charge in [-0.05, 0) is 49.9 Å². The highest BCUT2D eigenvalue weighted by Crippen LogP contribution is 2.48. The van der Waals surface area contributed by atoms with Crippen molar-refractivity contribution < 1.29 is 5.11 Å². The first kappa shape index (κ1) is 11.7. The van der Waals surface area contributed by atoms with Crippen LogP contribution in [-0.4, -0.2) is 28.7 Å². The van der Waals surface area contributed by atoms with Gasteiger partial charge in [-0.15, -0.1) is 0 Å². The van der Waals surface area contributed by atoms with Crippen molar-refractivity contribution in [2.75, 3.05) is 13.2 Å². The fraction of sp³-hybridized carbons (Fsp3) is 0.533. The summed E-state index contributed by atoms with van der Waals surface area (Å²) in [5.74, 6) is 0. The van der Waals surface area contributed by atoms with E-state index in [1.165, 1.54) is 12.0 Å². The summed E-state index contributed by atoms with van der Waals surface area (Å²) in [6.07, 6.45) is 4.52. The maximum absolute atomic E-state index is 9.69. The van der Waals surface area contributed by atoms with Gasteiger partial charge in [0.15, 0.2) is 0 Å². The van der Waals surface area contributed by atoms with E-state index in [9.17, 15) is 5.11 Å². The Morgan fingerprint density at radius 2 is 2.11 bits per heavy atom. The van der Waals surface area contributed by atoms with Gasteiger partial charge in [-0.3, -0.25) is 4.90 Å². The Hall–Kier alpha value is -1.37. The molecule has 2 heterocycles. The summed E-state index contributed by atoms with van der Waals surface area (Å²) in [5.41, 5.74) is 2.04. The van der Waals surface area contributed by atoms with E-state index in [1.807, 2.05) is 12.1 Å². The van der Waals surface area contributed by atoms with E-state index in [0.717, 1.165) is 25.8 Å². The zero-order valence-electron chi connectivity index (χ0n) is 10.5. The number of nitrogens with zero attached hydrogens (tertiary/aromatic N) is 2.